The molecule has 3 aromatic rings. The van der Waals surface area contributed by atoms with Crippen LogP contribution in [0.2, 0.25) is 0 Å². The van der Waals surface area contributed by atoms with E-state index < -0.39 is 5.97 Å². The van der Waals surface area contributed by atoms with Crippen molar-refractivity contribution < 1.29 is 57.1 Å². The lowest BCUT2D eigenvalue weighted by atomic mass is 9.86. The minimum atomic E-state index is -0.489. The van der Waals surface area contributed by atoms with E-state index in [1.165, 1.54) is 12.8 Å². The minimum absolute atomic E-state index is 0.273. The van der Waals surface area contributed by atoms with Crippen molar-refractivity contribution in [2.45, 2.75) is 137 Å². The number of carbonyl (C=O) groups is 5. The van der Waals surface area contributed by atoms with Gasteiger partial charge in [0.15, 0.2) is 0 Å². The minimum Gasteiger partial charge on any atom is -0.494 e. The average molecular weight is 901 g/mol. The SMILES string of the molecule is C=C(C)C(=O)OCCCCCCOc1ccc(C(=O)OCCCCCC)cc1.C=C(C)C(=O)OCCCCCCOc1ccc(C(=O)Oc2ccc(OC(=O)CC)c(C(C)(C)C)c2)cc1. The number of hydrogen-bond acceptors (Lipinski definition) is 12. The Morgan fingerprint density at radius 2 is 0.908 bits per heavy atom. The van der Waals surface area contributed by atoms with Crippen molar-refractivity contribution in [2.24, 2.45) is 0 Å². The van der Waals surface area contributed by atoms with Crippen LogP contribution in [0.15, 0.2) is 91.0 Å². The lowest BCUT2D eigenvalue weighted by Crippen LogP contribution is -2.17. The van der Waals surface area contributed by atoms with Crippen LogP contribution in [-0.4, -0.2) is 62.9 Å². The van der Waals surface area contributed by atoms with Gasteiger partial charge in [0.25, 0.3) is 0 Å². The highest BCUT2D eigenvalue weighted by atomic mass is 16.6. The molecule has 0 atom stereocenters. The summed E-state index contributed by atoms with van der Waals surface area (Å²) in [6.45, 7) is 22.7. The number of hydrogen-bond donors (Lipinski definition) is 0. The predicted molar refractivity (Wildman–Crippen MR) is 253 cm³/mol. The molecule has 0 spiro atoms. The van der Waals surface area contributed by atoms with Gasteiger partial charge >= 0.3 is 29.8 Å². The summed E-state index contributed by atoms with van der Waals surface area (Å²) in [5.41, 5.74) is 2.24. The van der Waals surface area contributed by atoms with Gasteiger partial charge in [0.05, 0.1) is 44.2 Å². The van der Waals surface area contributed by atoms with E-state index in [9.17, 15) is 24.0 Å². The summed E-state index contributed by atoms with van der Waals surface area (Å²) in [7, 11) is 0. The maximum Gasteiger partial charge on any atom is 0.343 e. The normalized spacial score (nSPS) is 10.7. The fourth-order valence-electron chi connectivity index (χ4n) is 5.83. The maximum absolute atomic E-state index is 12.7. The molecule has 0 saturated heterocycles. The Bertz CT molecular complexity index is 1940. The van der Waals surface area contributed by atoms with Crippen LogP contribution in [0.5, 0.6) is 23.0 Å². The fraction of sp³-hybridized carbons (Fsp3) is 0.491. The molecule has 356 valence electrons. The average Bonchev–Trinajstić information content (AvgIpc) is 3.28. The van der Waals surface area contributed by atoms with Crippen LogP contribution in [0.4, 0.5) is 0 Å². The van der Waals surface area contributed by atoms with Crippen molar-refractivity contribution in [2.75, 3.05) is 33.0 Å². The van der Waals surface area contributed by atoms with E-state index in [-0.39, 0.29) is 35.7 Å². The molecule has 0 radical (unpaired) electrons. The van der Waals surface area contributed by atoms with Crippen LogP contribution in [0.25, 0.3) is 0 Å². The first-order valence-corrected chi connectivity index (χ1v) is 22.9. The zero-order chi connectivity index (χ0) is 48.0. The van der Waals surface area contributed by atoms with Crippen molar-refractivity contribution in [3.05, 3.63) is 108 Å². The predicted octanol–water partition coefficient (Wildman–Crippen LogP) is 12.1. The van der Waals surface area contributed by atoms with Crippen molar-refractivity contribution in [1.82, 2.24) is 0 Å². The Hall–Kier alpha value is -5.91. The number of rotatable bonds is 28. The second kappa shape index (κ2) is 31.0. The molecule has 0 amide bonds. The lowest BCUT2D eigenvalue weighted by Gasteiger charge is -2.23. The van der Waals surface area contributed by atoms with E-state index in [1.54, 1.807) is 87.5 Å². The van der Waals surface area contributed by atoms with E-state index in [0.717, 1.165) is 75.5 Å². The van der Waals surface area contributed by atoms with Gasteiger partial charge in [0.1, 0.15) is 23.0 Å². The molecule has 0 unspecified atom stereocenters. The fourth-order valence-corrected chi connectivity index (χ4v) is 5.83. The van der Waals surface area contributed by atoms with Gasteiger partial charge < -0.3 is 33.2 Å². The number of benzene rings is 3. The molecule has 0 bridgehead atoms. The summed E-state index contributed by atoms with van der Waals surface area (Å²) in [6, 6.07) is 18.9. The monoisotopic (exact) mass is 901 g/mol. The Kier molecular flexibility index (Phi) is 26.4. The first kappa shape index (κ1) is 55.2. The van der Waals surface area contributed by atoms with Crippen LogP contribution in [0, 0.1) is 0 Å². The molecule has 3 aromatic carbocycles. The highest BCUT2D eigenvalue weighted by Gasteiger charge is 2.22. The van der Waals surface area contributed by atoms with Gasteiger partial charge in [0, 0.05) is 23.1 Å². The van der Waals surface area contributed by atoms with Crippen molar-refractivity contribution in [1.29, 1.82) is 0 Å². The van der Waals surface area contributed by atoms with E-state index in [0.29, 0.717) is 72.6 Å². The molecule has 0 fully saturated rings. The molecule has 3 rings (SSSR count). The Morgan fingerprint density at radius 3 is 1.34 bits per heavy atom. The molecule has 65 heavy (non-hydrogen) atoms. The highest BCUT2D eigenvalue weighted by molar-refractivity contribution is 5.91. The summed E-state index contributed by atoms with van der Waals surface area (Å²) in [5.74, 6) is 0.489. The van der Waals surface area contributed by atoms with Gasteiger partial charge in [-0.2, -0.15) is 0 Å². The first-order chi connectivity index (χ1) is 31.0. The Balaban J connectivity index is 0.000000465. The Labute approximate surface area is 387 Å². The first-order valence-electron chi connectivity index (χ1n) is 22.9. The lowest BCUT2D eigenvalue weighted by molar-refractivity contribution is -0.139. The molecular formula is C53H72O12. The van der Waals surface area contributed by atoms with Gasteiger partial charge in [-0.05, 0) is 144 Å². The summed E-state index contributed by atoms with van der Waals surface area (Å²) in [5, 5.41) is 0. The third-order valence-electron chi connectivity index (χ3n) is 9.67. The molecule has 0 aliphatic carbocycles. The third kappa shape index (κ3) is 23.6. The highest BCUT2D eigenvalue weighted by Crippen LogP contribution is 2.35. The number of ether oxygens (including phenoxy) is 7. The van der Waals surface area contributed by atoms with Gasteiger partial charge in [-0.25, -0.2) is 19.2 Å². The molecule has 12 heteroatoms. The van der Waals surface area contributed by atoms with Gasteiger partial charge in [0.2, 0.25) is 0 Å². The molecule has 0 aromatic heterocycles. The van der Waals surface area contributed by atoms with Crippen LogP contribution < -0.4 is 18.9 Å². The van der Waals surface area contributed by atoms with Crippen molar-refractivity contribution >= 4 is 29.8 Å². The van der Waals surface area contributed by atoms with Gasteiger partial charge in [-0.15, -0.1) is 0 Å². The zero-order valence-corrected chi connectivity index (χ0v) is 39.9. The summed E-state index contributed by atoms with van der Waals surface area (Å²) in [6.07, 6.45) is 12.0. The molecule has 12 nitrogen and oxygen atoms in total. The largest absolute Gasteiger partial charge is 0.494 e. The van der Waals surface area contributed by atoms with Gasteiger partial charge in [-0.3, -0.25) is 4.79 Å². The topological polar surface area (TPSA) is 150 Å². The molecular weight excluding hydrogens is 829 g/mol. The maximum atomic E-state index is 12.7. The van der Waals surface area contributed by atoms with Crippen LogP contribution >= 0.6 is 0 Å². The smallest absolute Gasteiger partial charge is 0.343 e. The van der Waals surface area contributed by atoms with E-state index in [4.69, 9.17) is 33.2 Å². The molecule has 0 aliphatic rings. The Morgan fingerprint density at radius 1 is 0.492 bits per heavy atom. The van der Waals surface area contributed by atoms with Crippen LogP contribution in [0.1, 0.15) is 158 Å². The van der Waals surface area contributed by atoms with Crippen molar-refractivity contribution in [3.8, 4) is 23.0 Å². The standard InChI is InChI=1S/C30H38O7.C23H34O5/c1-7-27(31)37-26-17-16-24(20-25(26)30(4,5)6)36-29(33)22-12-14-23(15-13-22)34-18-10-8-9-11-19-35-28(32)21(2)3;1-4-5-6-9-18-28-23(25)20-12-14-21(15-13-20)26-16-10-7-8-11-17-27-22(24)19(2)3/h12-17,20H,2,7-11,18-19H2,1,3-6H3;12-15H,2,4-11,16-18H2,1,3H3. The number of unbranched alkanes of at least 4 members (excludes halogenated alkanes) is 9. The van der Waals surface area contributed by atoms with E-state index in [1.807, 2.05) is 20.8 Å². The number of carbonyl (C=O) groups excluding carboxylic acids is 5. The second-order valence-electron chi connectivity index (χ2n) is 16.7. The zero-order valence-electron chi connectivity index (χ0n) is 39.9. The van der Waals surface area contributed by atoms with Crippen LogP contribution in [-0.2, 0) is 34.0 Å². The van der Waals surface area contributed by atoms with E-state index >= 15 is 0 Å². The van der Waals surface area contributed by atoms with Crippen LogP contribution in [0.3, 0.4) is 0 Å². The van der Waals surface area contributed by atoms with E-state index in [2.05, 4.69) is 20.1 Å². The summed E-state index contributed by atoms with van der Waals surface area (Å²) in [4.78, 5) is 58.9. The number of esters is 5. The summed E-state index contributed by atoms with van der Waals surface area (Å²) >= 11 is 0. The second-order valence-corrected chi connectivity index (χ2v) is 16.7. The molecule has 0 N–H and O–H groups in total. The quantitative estimate of drug-likeness (QED) is 0.0224. The molecule has 0 saturated carbocycles. The third-order valence-corrected chi connectivity index (χ3v) is 9.67. The summed E-state index contributed by atoms with van der Waals surface area (Å²) < 4.78 is 37.9. The molecule has 0 aliphatic heterocycles. The van der Waals surface area contributed by atoms with Crippen molar-refractivity contribution in [3.63, 3.8) is 0 Å². The molecule has 0 heterocycles. The van der Waals surface area contributed by atoms with Gasteiger partial charge in [-0.1, -0.05) is 67.0 Å².